The molecule has 1 N–H and O–H groups in total. The van der Waals surface area contributed by atoms with E-state index < -0.39 is 0 Å². The SMILES string of the molecule is CC.CC(O)CCl. The number of halogens is 1. The van der Waals surface area contributed by atoms with Crippen LogP contribution in [0.2, 0.25) is 0 Å². The van der Waals surface area contributed by atoms with E-state index in [4.69, 9.17) is 16.7 Å². The fourth-order valence-electron chi connectivity index (χ4n) is 0. The Bertz CT molecular complexity index is 22.0. The van der Waals surface area contributed by atoms with Crippen LogP contribution >= 0.6 is 11.6 Å². The maximum atomic E-state index is 8.23. The van der Waals surface area contributed by atoms with Crippen molar-refractivity contribution in [1.82, 2.24) is 0 Å². The predicted molar refractivity (Wildman–Crippen MR) is 33.7 cm³/mol. The zero-order valence-electron chi connectivity index (χ0n) is 5.11. The average Bonchev–Trinajstić information content (AvgIpc) is 1.73. The van der Waals surface area contributed by atoms with Gasteiger partial charge >= 0.3 is 0 Å². The minimum Gasteiger partial charge on any atom is -0.392 e. The van der Waals surface area contributed by atoms with E-state index in [1.54, 1.807) is 6.92 Å². The molecule has 1 unspecified atom stereocenters. The van der Waals surface area contributed by atoms with E-state index in [9.17, 15) is 0 Å². The minimum absolute atomic E-state index is 0.333. The first-order valence-corrected chi connectivity index (χ1v) is 3.05. The Kier molecular flexibility index (Phi) is 14.0. The van der Waals surface area contributed by atoms with Crippen molar-refractivity contribution in [2.24, 2.45) is 0 Å². The van der Waals surface area contributed by atoms with Crippen LogP contribution < -0.4 is 0 Å². The highest BCUT2D eigenvalue weighted by Crippen LogP contribution is 1.80. The van der Waals surface area contributed by atoms with E-state index in [0.717, 1.165) is 0 Å². The molecule has 0 aromatic heterocycles. The van der Waals surface area contributed by atoms with Crippen LogP contribution in [0.5, 0.6) is 0 Å². The third-order valence-corrected chi connectivity index (χ3v) is 0.670. The number of hydrogen-bond acceptors (Lipinski definition) is 1. The molecule has 46 valence electrons. The number of hydrogen-bond donors (Lipinski definition) is 1. The van der Waals surface area contributed by atoms with Gasteiger partial charge in [-0.25, -0.2) is 0 Å². The number of rotatable bonds is 1. The lowest BCUT2D eigenvalue weighted by molar-refractivity contribution is 0.219. The maximum absolute atomic E-state index is 8.23. The summed E-state index contributed by atoms with van der Waals surface area (Å²) in [6, 6.07) is 0. The van der Waals surface area contributed by atoms with Gasteiger partial charge in [-0.2, -0.15) is 0 Å². The van der Waals surface area contributed by atoms with E-state index in [2.05, 4.69) is 0 Å². The van der Waals surface area contributed by atoms with Gasteiger partial charge < -0.3 is 5.11 Å². The molecule has 0 bridgehead atoms. The van der Waals surface area contributed by atoms with Crippen LogP contribution in [0.3, 0.4) is 0 Å². The summed E-state index contributed by atoms with van der Waals surface area (Å²) < 4.78 is 0. The van der Waals surface area contributed by atoms with Crippen molar-refractivity contribution in [3.63, 3.8) is 0 Å². The molecule has 7 heavy (non-hydrogen) atoms. The Morgan fingerprint density at radius 3 is 1.71 bits per heavy atom. The Morgan fingerprint density at radius 2 is 1.71 bits per heavy atom. The molecular weight excluding hydrogens is 112 g/mol. The highest BCUT2D eigenvalue weighted by molar-refractivity contribution is 6.18. The first kappa shape index (κ1) is 10.3. The molecule has 1 atom stereocenters. The second kappa shape index (κ2) is 9.54. The number of alkyl halides is 1. The summed E-state index contributed by atoms with van der Waals surface area (Å²) >= 11 is 5.09. The second-order valence-electron chi connectivity index (χ2n) is 1.00. The van der Waals surface area contributed by atoms with Gasteiger partial charge in [-0.1, -0.05) is 13.8 Å². The van der Waals surface area contributed by atoms with Gasteiger partial charge in [0, 0.05) is 5.88 Å². The van der Waals surface area contributed by atoms with Gasteiger partial charge in [-0.15, -0.1) is 11.6 Å². The van der Waals surface area contributed by atoms with E-state index in [-0.39, 0.29) is 6.10 Å². The zero-order valence-corrected chi connectivity index (χ0v) is 5.87. The largest absolute Gasteiger partial charge is 0.392 e. The first-order valence-electron chi connectivity index (χ1n) is 2.51. The van der Waals surface area contributed by atoms with Crippen LogP contribution in [0.4, 0.5) is 0 Å². The van der Waals surface area contributed by atoms with Crippen LogP contribution in [0.1, 0.15) is 20.8 Å². The third-order valence-electron chi connectivity index (χ3n) is 0.223. The van der Waals surface area contributed by atoms with Gasteiger partial charge in [0.2, 0.25) is 0 Å². The van der Waals surface area contributed by atoms with Crippen molar-refractivity contribution in [2.45, 2.75) is 26.9 Å². The van der Waals surface area contributed by atoms with E-state index in [1.165, 1.54) is 0 Å². The van der Waals surface area contributed by atoms with Crippen LogP contribution in [0, 0.1) is 0 Å². The van der Waals surface area contributed by atoms with Crippen molar-refractivity contribution in [3.8, 4) is 0 Å². The van der Waals surface area contributed by atoms with E-state index in [1.807, 2.05) is 13.8 Å². The van der Waals surface area contributed by atoms with Gasteiger partial charge in [0.05, 0.1) is 6.10 Å². The molecule has 0 fully saturated rings. The minimum atomic E-state index is -0.350. The summed E-state index contributed by atoms with van der Waals surface area (Å²) in [6.07, 6.45) is -0.350. The summed E-state index contributed by atoms with van der Waals surface area (Å²) in [4.78, 5) is 0. The lowest BCUT2D eigenvalue weighted by atomic mass is 10.5. The number of aliphatic hydroxyl groups is 1. The Labute approximate surface area is 50.3 Å². The van der Waals surface area contributed by atoms with Crippen LogP contribution in [0.25, 0.3) is 0 Å². The van der Waals surface area contributed by atoms with Crippen molar-refractivity contribution in [2.75, 3.05) is 5.88 Å². The molecule has 0 aliphatic heterocycles. The Morgan fingerprint density at radius 1 is 1.57 bits per heavy atom. The standard InChI is InChI=1S/C3H7ClO.C2H6/c1-3(5)2-4;1-2/h3,5H,2H2,1H3;1-2H3. The monoisotopic (exact) mass is 124 g/mol. The lowest BCUT2D eigenvalue weighted by Crippen LogP contribution is -1.98. The number of aliphatic hydroxyl groups excluding tert-OH is 1. The molecule has 0 aromatic rings. The maximum Gasteiger partial charge on any atom is 0.0647 e. The summed E-state index contributed by atoms with van der Waals surface area (Å²) in [5.74, 6) is 0.333. The van der Waals surface area contributed by atoms with Gasteiger partial charge in [0.25, 0.3) is 0 Å². The topological polar surface area (TPSA) is 20.2 Å². The van der Waals surface area contributed by atoms with Crippen molar-refractivity contribution >= 4 is 11.6 Å². The molecule has 0 rings (SSSR count). The van der Waals surface area contributed by atoms with Crippen LogP contribution in [-0.4, -0.2) is 17.1 Å². The molecule has 0 heterocycles. The molecule has 0 aliphatic rings. The average molecular weight is 125 g/mol. The van der Waals surface area contributed by atoms with Gasteiger partial charge in [0.1, 0.15) is 0 Å². The third kappa shape index (κ3) is 22.3. The predicted octanol–water partition coefficient (Wildman–Crippen LogP) is 1.63. The molecule has 0 saturated heterocycles. The first-order chi connectivity index (χ1) is 3.27. The molecule has 0 radical (unpaired) electrons. The summed E-state index contributed by atoms with van der Waals surface area (Å²) in [5, 5.41) is 8.23. The smallest absolute Gasteiger partial charge is 0.0647 e. The van der Waals surface area contributed by atoms with Crippen LogP contribution in [-0.2, 0) is 0 Å². The molecule has 1 nitrogen and oxygen atoms in total. The Hall–Kier alpha value is 0.250. The molecule has 0 amide bonds. The van der Waals surface area contributed by atoms with Gasteiger partial charge in [0.15, 0.2) is 0 Å². The van der Waals surface area contributed by atoms with Crippen LogP contribution in [0.15, 0.2) is 0 Å². The lowest BCUT2D eigenvalue weighted by Gasteiger charge is -1.88. The van der Waals surface area contributed by atoms with Crippen molar-refractivity contribution in [3.05, 3.63) is 0 Å². The molecule has 0 saturated carbocycles. The summed E-state index contributed by atoms with van der Waals surface area (Å²) in [7, 11) is 0. The Balaban J connectivity index is 0. The van der Waals surface area contributed by atoms with Crippen molar-refractivity contribution < 1.29 is 5.11 Å². The summed E-state index contributed by atoms with van der Waals surface area (Å²) in [5.41, 5.74) is 0. The summed E-state index contributed by atoms with van der Waals surface area (Å²) in [6.45, 7) is 5.65. The second-order valence-corrected chi connectivity index (χ2v) is 1.31. The highest BCUT2D eigenvalue weighted by Gasteiger charge is 1.83. The fraction of sp³-hybridized carbons (Fsp3) is 1.00. The van der Waals surface area contributed by atoms with E-state index in [0.29, 0.717) is 5.88 Å². The molecule has 0 aromatic carbocycles. The zero-order chi connectivity index (χ0) is 6.28. The molecular formula is C5H13ClO. The molecule has 2 heteroatoms. The van der Waals surface area contributed by atoms with E-state index >= 15 is 0 Å². The highest BCUT2D eigenvalue weighted by atomic mass is 35.5. The fourth-order valence-corrected chi connectivity index (χ4v) is 0. The quantitative estimate of drug-likeness (QED) is 0.527. The molecule has 0 spiro atoms. The normalized spacial score (nSPS) is 11.6. The van der Waals surface area contributed by atoms with Gasteiger partial charge in [-0.3, -0.25) is 0 Å². The van der Waals surface area contributed by atoms with Gasteiger partial charge in [-0.05, 0) is 6.92 Å². The molecule has 0 aliphatic carbocycles. The van der Waals surface area contributed by atoms with Crippen molar-refractivity contribution in [1.29, 1.82) is 0 Å².